The minimum atomic E-state index is 0.0650. The minimum Gasteiger partial charge on any atom is -0.496 e. The fraction of sp³-hybridized carbons (Fsp3) is 0.318. The molecular weight excluding hydrogens is 370 g/mol. The van der Waals surface area contributed by atoms with Gasteiger partial charge in [-0.25, -0.2) is 0 Å². The molecule has 0 saturated carbocycles. The molecule has 7 nitrogen and oxygen atoms in total. The molecule has 0 aliphatic carbocycles. The van der Waals surface area contributed by atoms with Crippen LogP contribution in [-0.4, -0.2) is 47.8 Å². The lowest BCUT2D eigenvalue weighted by molar-refractivity contribution is -0.135. The fourth-order valence-corrected chi connectivity index (χ4v) is 3.33. The highest BCUT2D eigenvalue weighted by Crippen LogP contribution is 2.31. The average molecular weight is 393 g/mol. The number of aromatic nitrogens is 2. The predicted octanol–water partition coefficient (Wildman–Crippen LogP) is 3.31. The Bertz CT molecular complexity index is 978. The Labute approximate surface area is 169 Å². The van der Waals surface area contributed by atoms with E-state index in [1.807, 2.05) is 60.4 Å². The van der Waals surface area contributed by atoms with Gasteiger partial charge in [0.05, 0.1) is 31.6 Å². The van der Waals surface area contributed by atoms with Gasteiger partial charge in [-0.3, -0.25) is 4.79 Å². The second kappa shape index (κ2) is 8.34. The van der Waals surface area contributed by atoms with Gasteiger partial charge in [0.1, 0.15) is 11.5 Å². The van der Waals surface area contributed by atoms with Crippen LogP contribution in [0.3, 0.4) is 0 Å². The summed E-state index contributed by atoms with van der Waals surface area (Å²) in [7, 11) is 1.61. The molecule has 0 bridgehead atoms. The predicted molar refractivity (Wildman–Crippen MR) is 107 cm³/mol. The number of amides is 1. The zero-order chi connectivity index (χ0) is 20.2. The third kappa shape index (κ3) is 4.08. The van der Waals surface area contributed by atoms with E-state index in [4.69, 9.17) is 14.0 Å². The highest BCUT2D eigenvalue weighted by atomic mass is 16.5. The number of carbonyl (C=O) groups excluding carboxylic acids is 1. The number of likely N-dealkylation sites (tertiary alicyclic amines) is 1. The lowest BCUT2D eigenvalue weighted by atomic mass is 9.98. The molecule has 0 radical (unpaired) electrons. The van der Waals surface area contributed by atoms with Crippen LogP contribution in [0.25, 0.3) is 11.4 Å². The molecule has 1 aliphatic heterocycles. The van der Waals surface area contributed by atoms with Crippen molar-refractivity contribution in [2.24, 2.45) is 0 Å². The van der Waals surface area contributed by atoms with Crippen LogP contribution >= 0.6 is 0 Å². The van der Waals surface area contributed by atoms with Crippen LogP contribution in [0.1, 0.15) is 24.3 Å². The molecule has 1 saturated heterocycles. The van der Waals surface area contributed by atoms with E-state index in [2.05, 4.69) is 10.1 Å². The van der Waals surface area contributed by atoms with Crippen LogP contribution in [0, 0.1) is 0 Å². The van der Waals surface area contributed by atoms with Crippen molar-refractivity contribution >= 4 is 5.91 Å². The van der Waals surface area contributed by atoms with Gasteiger partial charge in [-0.05, 0) is 36.8 Å². The van der Waals surface area contributed by atoms with E-state index in [1.165, 1.54) is 0 Å². The number of hydrogen-bond acceptors (Lipinski definition) is 6. The molecule has 2 heterocycles. The number of ether oxygens (including phenoxy) is 2. The molecule has 3 aromatic rings. The van der Waals surface area contributed by atoms with Crippen LogP contribution in [0.15, 0.2) is 53.1 Å². The molecule has 0 N–H and O–H groups in total. The first-order valence-electron chi connectivity index (χ1n) is 9.64. The molecule has 0 atom stereocenters. The number of rotatable bonds is 7. The van der Waals surface area contributed by atoms with E-state index in [1.54, 1.807) is 7.11 Å². The summed E-state index contributed by atoms with van der Waals surface area (Å²) in [5.74, 6) is 2.72. The van der Waals surface area contributed by atoms with Crippen molar-refractivity contribution in [3.63, 3.8) is 0 Å². The molecule has 7 heteroatoms. The molecule has 150 valence electrons. The van der Waals surface area contributed by atoms with Crippen molar-refractivity contribution < 1.29 is 18.8 Å². The quantitative estimate of drug-likeness (QED) is 0.613. The number of hydrogen-bond donors (Lipinski definition) is 0. The van der Waals surface area contributed by atoms with E-state index >= 15 is 0 Å². The first kappa shape index (κ1) is 19.0. The molecule has 29 heavy (non-hydrogen) atoms. The van der Waals surface area contributed by atoms with Crippen molar-refractivity contribution in [1.82, 2.24) is 15.0 Å². The molecule has 0 unspecified atom stereocenters. The highest BCUT2D eigenvalue weighted by Gasteiger charge is 2.35. The monoisotopic (exact) mass is 393 g/mol. The summed E-state index contributed by atoms with van der Waals surface area (Å²) in [5.41, 5.74) is 1.76. The Kier molecular flexibility index (Phi) is 5.46. The zero-order valence-electron chi connectivity index (χ0n) is 16.5. The Morgan fingerprint density at radius 3 is 2.66 bits per heavy atom. The van der Waals surface area contributed by atoms with E-state index in [0.29, 0.717) is 43.6 Å². The fourth-order valence-electron chi connectivity index (χ4n) is 3.33. The lowest BCUT2D eigenvalue weighted by Crippen LogP contribution is -2.49. The molecule has 1 aliphatic rings. The van der Waals surface area contributed by atoms with Crippen LogP contribution in [-0.2, 0) is 11.2 Å². The molecule has 1 amide bonds. The topological polar surface area (TPSA) is 77.7 Å². The standard InChI is InChI=1S/C22H23N3O4/c1-3-28-17-10-8-15(9-11-17)12-20(26)25-13-16(14-25)22-23-21(24-29-22)18-6-4-5-7-19(18)27-2/h4-11,16H,3,12-14H2,1-2H3. The van der Waals surface area contributed by atoms with Crippen molar-refractivity contribution in [1.29, 1.82) is 0 Å². The number of para-hydroxylation sites is 1. The summed E-state index contributed by atoms with van der Waals surface area (Å²) in [6.45, 7) is 3.75. The Balaban J connectivity index is 1.34. The van der Waals surface area contributed by atoms with Gasteiger partial charge < -0.3 is 18.9 Å². The smallest absolute Gasteiger partial charge is 0.233 e. The van der Waals surface area contributed by atoms with Crippen molar-refractivity contribution in [2.75, 3.05) is 26.8 Å². The minimum absolute atomic E-state index is 0.0650. The third-order valence-electron chi connectivity index (χ3n) is 4.96. The summed E-state index contributed by atoms with van der Waals surface area (Å²) >= 11 is 0. The van der Waals surface area contributed by atoms with E-state index < -0.39 is 0 Å². The SMILES string of the molecule is CCOc1ccc(CC(=O)N2CC(c3nc(-c4ccccc4OC)no3)C2)cc1. The second-order valence-electron chi connectivity index (χ2n) is 6.91. The molecular formula is C22H23N3O4. The van der Waals surface area contributed by atoms with Crippen LogP contribution in [0.2, 0.25) is 0 Å². The van der Waals surface area contributed by atoms with Crippen molar-refractivity contribution in [2.45, 2.75) is 19.3 Å². The molecule has 4 rings (SSSR count). The first-order chi connectivity index (χ1) is 14.2. The first-order valence-corrected chi connectivity index (χ1v) is 9.64. The van der Waals surface area contributed by atoms with Gasteiger partial charge in [0.25, 0.3) is 0 Å². The second-order valence-corrected chi connectivity index (χ2v) is 6.91. The van der Waals surface area contributed by atoms with E-state index in [0.717, 1.165) is 16.9 Å². The summed E-state index contributed by atoms with van der Waals surface area (Å²) in [6, 6.07) is 15.2. The summed E-state index contributed by atoms with van der Waals surface area (Å²) < 4.78 is 16.2. The van der Waals surface area contributed by atoms with Gasteiger partial charge in [-0.1, -0.05) is 29.4 Å². The Morgan fingerprint density at radius 2 is 1.93 bits per heavy atom. The van der Waals surface area contributed by atoms with Gasteiger partial charge in [0.2, 0.25) is 17.6 Å². The maximum atomic E-state index is 12.5. The molecule has 2 aromatic carbocycles. The Morgan fingerprint density at radius 1 is 1.17 bits per heavy atom. The van der Waals surface area contributed by atoms with Gasteiger partial charge in [0, 0.05) is 13.1 Å². The van der Waals surface area contributed by atoms with Crippen LogP contribution < -0.4 is 9.47 Å². The number of nitrogens with zero attached hydrogens (tertiary/aromatic N) is 3. The number of carbonyl (C=O) groups is 1. The molecule has 1 fully saturated rings. The number of methoxy groups -OCH3 is 1. The van der Waals surface area contributed by atoms with Gasteiger partial charge in [-0.2, -0.15) is 4.98 Å². The Hall–Kier alpha value is -3.35. The van der Waals surface area contributed by atoms with Crippen LogP contribution in [0.5, 0.6) is 11.5 Å². The summed E-state index contributed by atoms with van der Waals surface area (Å²) in [6.07, 6.45) is 0.370. The largest absolute Gasteiger partial charge is 0.496 e. The molecule has 0 spiro atoms. The van der Waals surface area contributed by atoms with E-state index in [9.17, 15) is 4.79 Å². The summed E-state index contributed by atoms with van der Waals surface area (Å²) in [4.78, 5) is 18.8. The zero-order valence-corrected chi connectivity index (χ0v) is 16.5. The lowest BCUT2D eigenvalue weighted by Gasteiger charge is -2.37. The van der Waals surface area contributed by atoms with Crippen molar-refractivity contribution in [3.05, 3.63) is 60.0 Å². The van der Waals surface area contributed by atoms with Gasteiger partial charge in [-0.15, -0.1) is 0 Å². The maximum absolute atomic E-state index is 12.5. The maximum Gasteiger partial charge on any atom is 0.233 e. The molecule has 1 aromatic heterocycles. The van der Waals surface area contributed by atoms with Gasteiger partial charge in [0.15, 0.2) is 0 Å². The normalized spacial score (nSPS) is 13.8. The number of benzene rings is 2. The third-order valence-corrected chi connectivity index (χ3v) is 4.96. The van der Waals surface area contributed by atoms with Crippen LogP contribution in [0.4, 0.5) is 0 Å². The van der Waals surface area contributed by atoms with Crippen molar-refractivity contribution in [3.8, 4) is 22.9 Å². The van der Waals surface area contributed by atoms with E-state index in [-0.39, 0.29) is 11.8 Å². The van der Waals surface area contributed by atoms with Gasteiger partial charge >= 0.3 is 0 Å². The highest BCUT2D eigenvalue weighted by molar-refractivity contribution is 5.79. The summed E-state index contributed by atoms with van der Waals surface area (Å²) in [5, 5.41) is 4.08. The average Bonchev–Trinajstić information content (AvgIpc) is 3.18.